The third-order valence-corrected chi connectivity index (χ3v) is 3.51. The minimum atomic E-state index is -0.393. The van der Waals surface area contributed by atoms with Gasteiger partial charge in [0, 0.05) is 24.5 Å². The van der Waals surface area contributed by atoms with Crippen LogP contribution < -0.4 is 5.32 Å². The van der Waals surface area contributed by atoms with Gasteiger partial charge in [0.2, 0.25) is 5.13 Å². The van der Waals surface area contributed by atoms with Gasteiger partial charge in [-0.2, -0.15) is 4.37 Å². The Labute approximate surface area is 121 Å². The second-order valence-electron chi connectivity index (χ2n) is 4.68. The van der Waals surface area contributed by atoms with E-state index in [0.29, 0.717) is 23.7 Å². The standard InChI is InChI=1S/C13H15ClFN3S/c1-8(2)7-16-13-17-11(18-19-13)6-9-4-3-5-10(14)12(9)15/h3-5,8H,6-7H2,1-2H3,(H,16,17,18). The molecule has 1 N–H and O–H groups in total. The van der Waals surface area contributed by atoms with Crippen LogP contribution in [0.2, 0.25) is 5.02 Å². The van der Waals surface area contributed by atoms with Gasteiger partial charge in [-0.1, -0.05) is 37.6 Å². The minimum absolute atomic E-state index is 0.130. The van der Waals surface area contributed by atoms with Crippen LogP contribution in [-0.4, -0.2) is 15.9 Å². The van der Waals surface area contributed by atoms with Crippen molar-refractivity contribution in [2.24, 2.45) is 5.92 Å². The fourth-order valence-corrected chi connectivity index (χ4v) is 2.33. The first kappa shape index (κ1) is 14.2. The zero-order valence-corrected chi connectivity index (χ0v) is 12.4. The van der Waals surface area contributed by atoms with Crippen molar-refractivity contribution in [1.82, 2.24) is 9.36 Å². The molecule has 0 saturated carbocycles. The third-order valence-electron chi connectivity index (χ3n) is 2.51. The van der Waals surface area contributed by atoms with Crippen LogP contribution in [0.1, 0.15) is 25.2 Å². The normalized spacial score (nSPS) is 11.0. The summed E-state index contributed by atoms with van der Waals surface area (Å²) in [5.41, 5.74) is 0.515. The molecule has 0 atom stereocenters. The van der Waals surface area contributed by atoms with E-state index in [1.54, 1.807) is 12.1 Å². The zero-order chi connectivity index (χ0) is 13.8. The number of nitrogens with one attached hydrogen (secondary N) is 1. The molecular weight excluding hydrogens is 285 g/mol. The molecule has 0 amide bonds. The van der Waals surface area contributed by atoms with Crippen molar-refractivity contribution < 1.29 is 4.39 Å². The number of hydrogen-bond acceptors (Lipinski definition) is 4. The van der Waals surface area contributed by atoms with Crippen molar-refractivity contribution in [2.75, 3.05) is 11.9 Å². The van der Waals surface area contributed by atoms with E-state index in [1.807, 2.05) is 0 Å². The lowest BCUT2D eigenvalue weighted by atomic mass is 10.1. The molecule has 1 aromatic heterocycles. The molecule has 0 aliphatic heterocycles. The van der Waals surface area contributed by atoms with Crippen molar-refractivity contribution in [3.63, 3.8) is 0 Å². The Morgan fingerprint density at radius 2 is 2.21 bits per heavy atom. The Morgan fingerprint density at radius 1 is 1.42 bits per heavy atom. The Kier molecular flexibility index (Phi) is 4.71. The maximum absolute atomic E-state index is 13.7. The summed E-state index contributed by atoms with van der Waals surface area (Å²) in [6.07, 6.45) is 0.353. The second kappa shape index (κ2) is 6.30. The minimum Gasteiger partial charge on any atom is -0.360 e. The van der Waals surface area contributed by atoms with E-state index in [2.05, 4.69) is 28.5 Å². The summed E-state index contributed by atoms with van der Waals surface area (Å²) >= 11 is 7.04. The zero-order valence-electron chi connectivity index (χ0n) is 10.8. The van der Waals surface area contributed by atoms with Crippen LogP contribution in [0, 0.1) is 11.7 Å². The predicted octanol–water partition coefficient (Wildman–Crippen LogP) is 3.99. The molecular formula is C13H15ClFN3S. The highest BCUT2D eigenvalue weighted by atomic mass is 35.5. The summed E-state index contributed by atoms with van der Waals surface area (Å²) in [5, 5.41) is 4.10. The quantitative estimate of drug-likeness (QED) is 0.907. The summed E-state index contributed by atoms with van der Waals surface area (Å²) < 4.78 is 18.0. The van der Waals surface area contributed by atoms with Gasteiger partial charge < -0.3 is 5.32 Å². The van der Waals surface area contributed by atoms with Crippen molar-refractivity contribution in [3.8, 4) is 0 Å². The molecule has 0 saturated heterocycles. The Morgan fingerprint density at radius 3 is 2.95 bits per heavy atom. The van der Waals surface area contributed by atoms with Gasteiger partial charge >= 0.3 is 0 Å². The summed E-state index contributed by atoms with van der Waals surface area (Å²) in [4.78, 5) is 4.33. The van der Waals surface area contributed by atoms with Crippen molar-refractivity contribution in [1.29, 1.82) is 0 Å². The average molecular weight is 300 g/mol. The number of anilines is 1. The lowest BCUT2D eigenvalue weighted by Crippen LogP contribution is -2.07. The van der Waals surface area contributed by atoms with Crippen molar-refractivity contribution in [3.05, 3.63) is 40.4 Å². The molecule has 19 heavy (non-hydrogen) atoms. The van der Waals surface area contributed by atoms with Crippen LogP contribution in [0.5, 0.6) is 0 Å². The van der Waals surface area contributed by atoms with Crippen LogP contribution in [-0.2, 0) is 6.42 Å². The Hall–Kier alpha value is -1.20. The largest absolute Gasteiger partial charge is 0.360 e. The van der Waals surface area contributed by atoms with Gasteiger partial charge in [0.15, 0.2) is 0 Å². The van der Waals surface area contributed by atoms with Gasteiger partial charge in [0.1, 0.15) is 11.6 Å². The molecule has 6 heteroatoms. The van der Waals surface area contributed by atoms with Gasteiger partial charge in [-0.05, 0) is 17.5 Å². The van der Waals surface area contributed by atoms with Gasteiger partial charge in [0.05, 0.1) is 5.02 Å². The van der Waals surface area contributed by atoms with E-state index < -0.39 is 5.82 Å². The Bertz CT molecular complexity index is 557. The summed E-state index contributed by atoms with van der Waals surface area (Å²) in [5.74, 6) is 0.755. The van der Waals surface area contributed by atoms with Gasteiger partial charge in [-0.25, -0.2) is 9.37 Å². The van der Waals surface area contributed by atoms with E-state index >= 15 is 0 Å². The van der Waals surface area contributed by atoms with Gasteiger partial charge in [-0.3, -0.25) is 0 Å². The summed E-state index contributed by atoms with van der Waals surface area (Å²) in [6.45, 7) is 5.09. The molecule has 1 heterocycles. The first-order chi connectivity index (χ1) is 9.06. The maximum atomic E-state index is 13.7. The molecule has 0 spiro atoms. The molecule has 0 aliphatic carbocycles. The predicted molar refractivity (Wildman–Crippen MR) is 77.5 cm³/mol. The average Bonchev–Trinajstić information content (AvgIpc) is 2.80. The molecule has 2 aromatic rings. The van der Waals surface area contributed by atoms with Crippen LogP contribution in [0.25, 0.3) is 0 Å². The second-order valence-corrected chi connectivity index (χ2v) is 5.84. The highest BCUT2D eigenvalue weighted by Gasteiger charge is 2.10. The van der Waals surface area contributed by atoms with E-state index in [0.717, 1.165) is 11.7 Å². The number of aromatic nitrogens is 2. The monoisotopic (exact) mass is 299 g/mol. The number of benzene rings is 1. The number of nitrogens with zero attached hydrogens (tertiary/aromatic N) is 2. The molecule has 2 rings (SSSR count). The van der Waals surface area contributed by atoms with E-state index in [9.17, 15) is 4.39 Å². The molecule has 0 bridgehead atoms. The summed E-state index contributed by atoms with van der Waals surface area (Å²) in [6, 6.07) is 4.96. The molecule has 1 aromatic carbocycles. The molecule has 0 unspecified atom stereocenters. The number of hydrogen-bond donors (Lipinski definition) is 1. The molecule has 0 fully saturated rings. The SMILES string of the molecule is CC(C)CNc1nc(Cc2cccc(Cl)c2F)ns1. The van der Waals surface area contributed by atoms with Gasteiger partial charge in [0.25, 0.3) is 0 Å². The van der Waals surface area contributed by atoms with Crippen LogP contribution in [0.4, 0.5) is 9.52 Å². The molecule has 0 aliphatic rings. The maximum Gasteiger partial charge on any atom is 0.202 e. The van der Waals surface area contributed by atoms with E-state index in [-0.39, 0.29) is 5.02 Å². The number of rotatable bonds is 5. The Balaban J connectivity index is 2.05. The first-order valence-corrected chi connectivity index (χ1v) is 7.20. The fourth-order valence-electron chi connectivity index (χ4n) is 1.54. The topological polar surface area (TPSA) is 37.8 Å². The highest BCUT2D eigenvalue weighted by molar-refractivity contribution is 7.09. The fraction of sp³-hybridized carbons (Fsp3) is 0.385. The lowest BCUT2D eigenvalue weighted by molar-refractivity contribution is 0.613. The highest BCUT2D eigenvalue weighted by Crippen LogP contribution is 2.21. The first-order valence-electron chi connectivity index (χ1n) is 6.05. The van der Waals surface area contributed by atoms with Crippen molar-refractivity contribution in [2.45, 2.75) is 20.3 Å². The van der Waals surface area contributed by atoms with E-state index in [4.69, 9.17) is 11.6 Å². The lowest BCUT2D eigenvalue weighted by Gasteiger charge is -2.04. The summed E-state index contributed by atoms with van der Waals surface area (Å²) in [7, 11) is 0. The van der Waals surface area contributed by atoms with Crippen LogP contribution >= 0.6 is 23.1 Å². The van der Waals surface area contributed by atoms with Crippen molar-refractivity contribution >= 4 is 28.3 Å². The van der Waals surface area contributed by atoms with Crippen LogP contribution in [0.15, 0.2) is 18.2 Å². The van der Waals surface area contributed by atoms with Gasteiger partial charge in [-0.15, -0.1) is 0 Å². The van der Waals surface area contributed by atoms with E-state index in [1.165, 1.54) is 17.6 Å². The molecule has 102 valence electrons. The van der Waals surface area contributed by atoms with Crippen LogP contribution in [0.3, 0.4) is 0 Å². The molecule has 3 nitrogen and oxygen atoms in total. The molecule has 0 radical (unpaired) electrons. The smallest absolute Gasteiger partial charge is 0.202 e. The third kappa shape index (κ3) is 3.88. The number of halogens is 2.